The molecule has 9 heteroatoms. The average molecular weight is 572 g/mol. The van der Waals surface area contributed by atoms with Gasteiger partial charge in [0.25, 0.3) is 0 Å². The monoisotopic (exact) mass is 571 g/mol. The fourth-order valence-electron chi connectivity index (χ4n) is 6.08. The van der Waals surface area contributed by atoms with Crippen molar-refractivity contribution in [2.75, 3.05) is 40.0 Å². The molecule has 1 fully saturated rings. The molecule has 0 aromatic heterocycles. The lowest BCUT2D eigenvalue weighted by molar-refractivity contribution is -0.145. The van der Waals surface area contributed by atoms with Crippen LogP contribution in [0.3, 0.4) is 0 Å². The highest BCUT2D eigenvalue weighted by molar-refractivity contribution is 5.87. The standard InChI is InChI=1S/C33H37N3O6/c1-3-36(30-21-41-19-28(30)32(38)39)31(37)29(18-35(2)17-22-11-5-4-6-12-22)34-33(40)42-20-27-25-15-9-7-13-23(25)24-14-8-10-16-26(24)27/h4-16,27-30H,3,17-21H2,1-2H3,(H,34,40)(H,38,39). The van der Waals surface area contributed by atoms with E-state index in [1.807, 2.05) is 78.7 Å². The third-order valence-electron chi connectivity index (χ3n) is 8.12. The second-order valence-corrected chi connectivity index (χ2v) is 10.9. The molecule has 9 nitrogen and oxygen atoms in total. The van der Waals surface area contributed by atoms with Crippen LogP contribution in [-0.2, 0) is 25.6 Å². The van der Waals surface area contributed by atoms with Crippen molar-refractivity contribution in [2.24, 2.45) is 5.92 Å². The van der Waals surface area contributed by atoms with Gasteiger partial charge in [0.05, 0.1) is 19.3 Å². The SMILES string of the molecule is CCN(C(=O)C(CN(C)Cc1ccccc1)NC(=O)OCC1c2ccccc2-c2ccccc21)C1COCC1C(=O)O. The Labute approximate surface area is 246 Å². The van der Waals surface area contributed by atoms with Crippen molar-refractivity contribution < 1.29 is 29.0 Å². The van der Waals surface area contributed by atoms with Crippen LogP contribution >= 0.6 is 0 Å². The smallest absolute Gasteiger partial charge is 0.407 e. The van der Waals surface area contributed by atoms with Crippen molar-refractivity contribution in [3.8, 4) is 11.1 Å². The van der Waals surface area contributed by atoms with Gasteiger partial charge < -0.3 is 24.8 Å². The molecule has 220 valence electrons. The van der Waals surface area contributed by atoms with E-state index in [0.717, 1.165) is 27.8 Å². The van der Waals surface area contributed by atoms with Crippen molar-refractivity contribution in [3.63, 3.8) is 0 Å². The Hall–Kier alpha value is -4.21. The number of nitrogens with zero attached hydrogens (tertiary/aromatic N) is 2. The molecule has 3 atom stereocenters. The molecule has 3 aromatic carbocycles. The van der Waals surface area contributed by atoms with E-state index in [4.69, 9.17) is 9.47 Å². The predicted molar refractivity (Wildman–Crippen MR) is 158 cm³/mol. The molecule has 1 aliphatic heterocycles. The Bertz CT molecular complexity index is 1370. The number of nitrogens with one attached hydrogen (secondary N) is 1. The number of amides is 2. The largest absolute Gasteiger partial charge is 0.481 e. The highest BCUT2D eigenvalue weighted by Crippen LogP contribution is 2.44. The molecule has 0 radical (unpaired) electrons. The van der Waals surface area contributed by atoms with Gasteiger partial charge in [0.1, 0.15) is 18.6 Å². The number of fused-ring (bicyclic) bond motifs is 3. The van der Waals surface area contributed by atoms with E-state index in [1.165, 1.54) is 4.90 Å². The number of hydrogen-bond donors (Lipinski definition) is 2. The number of alkyl carbamates (subject to hydrolysis) is 1. The van der Waals surface area contributed by atoms with Gasteiger partial charge in [-0.1, -0.05) is 78.9 Å². The molecule has 42 heavy (non-hydrogen) atoms. The van der Waals surface area contributed by atoms with Crippen LogP contribution in [0.1, 0.15) is 29.5 Å². The topological polar surface area (TPSA) is 108 Å². The third kappa shape index (κ3) is 6.32. The summed E-state index contributed by atoms with van der Waals surface area (Å²) in [5, 5.41) is 12.5. The zero-order valence-electron chi connectivity index (χ0n) is 23.9. The Morgan fingerprint density at radius 3 is 2.19 bits per heavy atom. The molecular formula is C33H37N3O6. The number of carbonyl (C=O) groups is 3. The number of aliphatic carboxylic acids is 1. The van der Waals surface area contributed by atoms with Crippen molar-refractivity contribution in [2.45, 2.75) is 31.5 Å². The molecule has 5 rings (SSSR count). The summed E-state index contributed by atoms with van der Waals surface area (Å²) < 4.78 is 11.2. The summed E-state index contributed by atoms with van der Waals surface area (Å²) in [5.41, 5.74) is 5.51. The first-order valence-electron chi connectivity index (χ1n) is 14.3. The summed E-state index contributed by atoms with van der Waals surface area (Å²) in [6.45, 7) is 3.15. The third-order valence-corrected chi connectivity index (χ3v) is 8.12. The first-order chi connectivity index (χ1) is 20.4. The number of carbonyl (C=O) groups excluding carboxylic acids is 2. The molecule has 1 heterocycles. The van der Waals surface area contributed by atoms with Gasteiger partial charge in [0.2, 0.25) is 5.91 Å². The molecule has 1 saturated heterocycles. The van der Waals surface area contributed by atoms with E-state index in [0.29, 0.717) is 6.54 Å². The van der Waals surface area contributed by atoms with Crippen LogP contribution in [-0.4, -0.2) is 84.9 Å². The lowest BCUT2D eigenvalue weighted by Gasteiger charge is -2.34. The molecule has 0 saturated carbocycles. The van der Waals surface area contributed by atoms with Crippen LogP contribution in [0.25, 0.3) is 11.1 Å². The zero-order chi connectivity index (χ0) is 29.6. The fraction of sp³-hybridized carbons (Fsp3) is 0.364. The molecule has 2 aliphatic rings. The maximum Gasteiger partial charge on any atom is 0.407 e. The Balaban J connectivity index is 1.31. The van der Waals surface area contributed by atoms with E-state index in [-0.39, 0.29) is 44.7 Å². The van der Waals surface area contributed by atoms with Gasteiger partial charge in [0.15, 0.2) is 0 Å². The molecule has 0 spiro atoms. The molecule has 2 amide bonds. The quantitative estimate of drug-likeness (QED) is 0.359. The fourth-order valence-corrected chi connectivity index (χ4v) is 6.08. The summed E-state index contributed by atoms with van der Waals surface area (Å²) in [5.74, 6) is -2.32. The molecule has 1 aliphatic carbocycles. The van der Waals surface area contributed by atoms with Gasteiger partial charge in [-0.05, 0) is 41.8 Å². The van der Waals surface area contributed by atoms with E-state index >= 15 is 0 Å². The van der Waals surface area contributed by atoms with Gasteiger partial charge in [-0.3, -0.25) is 14.5 Å². The Kier molecular flexibility index (Phi) is 9.19. The minimum atomic E-state index is -1.01. The number of benzene rings is 3. The highest BCUT2D eigenvalue weighted by atomic mass is 16.5. The first kappa shape index (κ1) is 29.3. The zero-order valence-corrected chi connectivity index (χ0v) is 23.9. The van der Waals surface area contributed by atoms with Crippen LogP contribution in [0, 0.1) is 5.92 Å². The lowest BCUT2D eigenvalue weighted by atomic mass is 9.98. The molecular weight excluding hydrogens is 534 g/mol. The van der Waals surface area contributed by atoms with Gasteiger partial charge >= 0.3 is 12.1 Å². The average Bonchev–Trinajstić information content (AvgIpc) is 3.60. The molecule has 3 unspecified atom stereocenters. The minimum absolute atomic E-state index is 0.0438. The summed E-state index contributed by atoms with van der Waals surface area (Å²) in [6.07, 6.45) is -0.697. The summed E-state index contributed by atoms with van der Waals surface area (Å²) >= 11 is 0. The van der Waals surface area contributed by atoms with Gasteiger partial charge in [-0.25, -0.2) is 4.79 Å². The number of hydrogen-bond acceptors (Lipinski definition) is 6. The molecule has 3 aromatic rings. The lowest BCUT2D eigenvalue weighted by Crippen LogP contribution is -2.57. The van der Waals surface area contributed by atoms with Crippen LogP contribution in [0.15, 0.2) is 78.9 Å². The van der Waals surface area contributed by atoms with Crippen LogP contribution in [0.2, 0.25) is 0 Å². The van der Waals surface area contributed by atoms with E-state index in [2.05, 4.69) is 17.4 Å². The summed E-state index contributed by atoms with van der Waals surface area (Å²) in [7, 11) is 1.88. The van der Waals surface area contributed by atoms with Gasteiger partial charge in [0, 0.05) is 25.6 Å². The maximum absolute atomic E-state index is 13.9. The summed E-state index contributed by atoms with van der Waals surface area (Å²) in [6, 6.07) is 24.5. The van der Waals surface area contributed by atoms with E-state index in [1.54, 1.807) is 6.92 Å². The van der Waals surface area contributed by atoms with Crippen molar-refractivity contribution in [1.82, 2.24) is 15.1 Å². The van der Waals surface area contributed by atoms with Crippen molar-refractivity contribution >= 4 is 18.0 Å². The van der Waals surface area contributed by atoms with Crippen LogP contribution in [0.5, 0.6) is 0 Å². The second kappa shape index (κ2) is 13.2. The number of rotatable bonds is 11. The van der Waals surface area contributed by atoms with Crippen molar-refractivity contribution in [1.29, 1.82) is 0 Å². The van der Waals surface area contributed by atoms with Gasteiger partial charge in [-0.2, -0.15) is 0 Å². The second-order valence-electron chi connectivity index (χ2n) is 10.9. The maximum atomic E-state index is 13.9. The predicted octanol–water partition coefficient (Wildman–Crippen LogP) is 3.97. The number of likely N-dealkylation sites (N-methyl/N-ethyl adjacent to an activating group) is 2. The molecule has 2 N–H and O–H groups in total. The Morgan fingerprint density at radius 1 is 0.952 bits per heavy atom. The number of carboxylic acid groups (broad SMARTS) is 1. The molecule has 0 bridgehead atoms. The normalized spacial score (nSPS) is 18.3. The first-order valence-corrected chi connectivity index (χ1v) is 14.3. The number of carboxylic acids is 1. The van der Waals surface area contributed by atoms with E-state index < -0.39 is 30.1 Å². The highest BCUT2D eigenvalue weighted by Gasteiger charge is 2.41. The summed E-state index contributed by atoms with van der Waals surface area (Å²) in [4.78, 5) is 42.5. The van der Waals surface area contributed by atoms with Crippen LogP contribution in [0.4, 0.5) is 4.79 Å². The van der Waals surface area contributed by atoms with Crippen molar-refractivity contribution in [3.05, 3.63) is 95.6 Å². The minimum Gasteiger partial charge on any atom is -0.481 e. The van der Waals surface area contributed by atoms with E-state index in [9.17, 15) is 19.5 Å². The van der Waals surface area contributed by atoms with Crippen LogP contribution < -0.4 is 5.32 Å². The van der Waals surface area contributed by atoms with Gasteiger partial charge in [-0.15, -0.1) is 0 Å². The number of ether oxygens (including phenoxy) is 2. The Morgan fingerprint density at radius 2 is 1.57 bits per heavy atom.